The summed E-state index contributed by atoms with van der Waals surface area (Å²) in [6.07, 6.45) is 9.18. The van der Waals surface area contributed by atoms with Gasteiger partial charge in [0.1, 0.15) is 0 Å². The van der Waals surface area contributed by atoms with Crippen LogP contribution in [-0.2, 0) is 4.79 Å². The molecule has 1 atom stereocenters. The number of hydrogen-bond donors (Lipinski definition) is 1. The van der Waals surface area contributed by atoms with Crippen LogP contribution in [-0.4, -0.2) is 22.2 Å². The van der Waals surface area contributed by atoms with Crippen LogP contribution in [0.5, 0.6) is 0 Å². The Hall–Kier alpha value is -0.540. The molecule has 3 heteroatoms. The van der Waals surface area contributed by atoms with Gasteiger partial charge in [0.25, 0.3) is 0 Å². The van der Waals surface area contributed by atoms with Crippen molar-refractivity contribution in [3.63, 3.8) is 0 Å². The van der Waals surface area contributed by atoms with E-state index in [0.29, 0.717) is 18.6 Å². The summed E-state index contributed by atoms with van der Waals surface area (Å²) in [5.74, 6) is 0.809. The van der Waals surface area contributed by atoms with Gasteiger partial charge in [-0.05, 0) is 26.2 Å². The first kappa shape index (κ1) is 13.5. The fourth-order valence-corrected chi connectivity index (χ4v) is 2.59. The van der Waals surface area contributed by atoms with E-state index in [9.17, 15) is 9.90 Å². The second kappa shape index (κ2) is 6.26. The molecule has 1 aliphatic carbocycles. The van der Waals surface area contributed by atoms with Crippen molar-refractivity contribution >= 4 is 17.5 Å². The van der Waals surface area contributed by atoms with Gasteiger partial charge >= 0.3 is 0 Å². The molecular formula is C13H20O2S. The number of carbonyl (C=O) groups excluding carboxylic acids is 1. The molecule has 0 aromatic carbocycles. The Morgan fingerprint density at radius 2 is 2.31 bits per heavy atom. The van der Waals surface area contributed by atoms with Crippen molar-refractivity contribution < 1.29 is 9.90 Å². The first-order valence-corrected chi connectivity index (χ1v) is 6.77. The molecular weight excluding hydrogens is 220 g/mol. The van der Waals surface area contributed by atoms with Crippen molar-refractivity contribution in [1.29, 1.82) is 0 Å². The standard InChI is InChI=1S/C13H20O2S/c1-3-4-5-9-13(2,15)10-16-12-8-6-7-11(12)14/h4-5,8,15H,3,6-7,9-10H2,1-2H3. The van der Waals surface area contributed by atoms with Crippen molar-refractivity contribution in [2.75, 3.05) is 5.75 Å². The van der Waals surface area contributed by atoms with Crippen molar-refractivity contribution in [1.82, 2.24) is 0 Å². The number of carbonyl (C=O) groups is 1. The van der Waals surface area contributed by atoms with E-state index in [4.69, 9.17) is 0 Å². The molecule has 1 unspecified atom stereocenters. The van der Waals surface area contributed by atoms with Crippen LogP contribution < -0.4 is 0 Å². The lowest BCUT2D eigenvalue weighted by molar-refractivity contribution is -0.114. The fourth-order valence-electron chi connectivity index (χ4n) is 1.51. The number of allylic oxidation sites excluding steroid dienone is 3. The van der Waals surface area contributed by atoms with Gasteiger partial charge in [0.2, 0.25) is 0 Å². The van der Waals surface area contributed by atoms with E-state index in [1.807, 2.05) is 19.1 Å². The fraction of sp³-hybridized carbons (Fsp3) is 0.615. The van der Waals surface area contributed by atoms with Crippen molar-refractivity contribution in [3.8, 4) is 0 Å². The first-order chi connectivity index (χ1) is 7.55. The van der Waals surface area contributed by atoms with Gasteiger partial charge in [0.05, 0.1) is 5.60 Å². The highest BCUT2D eigenvalue weighted by Gasteiger charge is 2.22. The topological polar surface area (TPSA) is 37.3 Å². The lowest BCUT2D eigenvalue weighted by Gasteiger charge is -2.21. The van der Waals surface area contributed by atoms with E-state index in [1.54, 1.807) is 0 Å². The highest BCUT2D eigenvalue weighted by atomic mass is 32.2. The Labute approximate surface area is 102 Å². The number of Topliss-reactive ketones (excluding diaryl/α,β-unsaturated/α-hetero) is 1. The van der Waals surface area contributed by atoms with Crippen molar-refractivity contribution in [3.05, 3.63) is 23.1 Å². The van der Waals surface area contributed by atoms with Gasteiger partial charge in [0, 0.05) is 17.1 Å². The molecule has 0 saturated heterocycles. The molecule has 16 heavy (non-hydrogen) atoms. The van der Waals surface area contributed by atoms with Crippen LogP contribution in [0.3, 0.4) is 0 Å². The highest BCUT2D eigenvalue weighted by molar-refractivity contribution is 8.04. The lowest BCUT2D eigenvalue weighted by Crippen LogP contribution is -2.26. The van der Waals surface area contributed by atoms with Crippen LogP contribution in [0.1, 0.15) is 39.5 Å². The smallest absolute Gasteiger partial charge is 0.169 e. The number of aliphatic hydroxyl groups is 1. The van der Waals surface area contributed by atoms with E-state index in [2.05, 4.69) is 13.0 Å². The molecule has 0 aromatic heterocycles. The van der Waals surface area contributed by atoms with Gasteiger partial charge in [-0.15, -0.1) is 11.8 Å². The molecule has 0 amide bonds. The van der Waals surface area contributed by atoms with E-state index in [-0.39, 0.29) is 5.78 Å². The third kappa shape index (κ3) is 4.54. The quantitative estimate of drug-likeness (QED) is 0.725. The van der Waals surface area contributed by atoms with Crippen LogP contribution in [0.4, 0.5) is 0 Å². The van der Waals surface area contributed by atoms with Crippen LogP contribution in [0.25, 0.3) is 0 Å². The Morgan fingerprint density at radius 1 is 1.56 bits per heavy atom. The van der Waals surface area contributed by atoms with Gasteiger partial charge in [-0.1, -0.05) is 25.2 Å². The molecule has 0 spiro atoms. The van der Waals surface area contributed by atoms with Gasteiger partial charge in [-0.3, -0.25) is 4.79 Å². The molecule has 0 aromatic rings. The molecule has 2 nitrogen and oxygen atoms in total. The monoisotopic (exact) mass is 240 g/mol. The van der Waals surface area contributed by atoms with Crippen LogP contribution in [0.2, 0.25) is 0 Å². The largest absolute Gasteiger partial charge is 0.389 e. The molecule has 90 valence electrons. The minimum atomic E-state index is -0.722. The molecule has 0 saturated carbocycles. The summed E-state index contributed by atoms with van der Waals surface area (Å²) in [7, 11) is 0. The predicted molar refractivity (Wildman–Crippen MR) is 69.5 cm³/mol. The summed E-state index contributed by atoms with van der Waals surface area (Å²) in [5.41, 5.74) is -0.722. The summed E-state index contributed by atoms with van der Waals surface area (Å²) in [6.45, 7) is 3.89. The summed E-state index contributed by atoms with van der Waals surface area (Å²) in [4.78, 5) is 12.2. The Morgan fingerprint density at radius 3 is 2.88 bits per heavy atom. The van der Waals surface area contributed by atoms with E-state index in [1.165, 1.54) is 11.8 Å². The summed E-state index contributed by atoms with van der Waals surface area (Å²) in [5, 5.41) is 10.1. The van der Waals surface area contributed by atoms with E-state index in [0.717, 1.165) is 17.7 Å². The molecule has 1 aliphatic rings. The Balaban J connectivity index is 2.35. The number of ketones is 1. The maximum absolute atomic E-state index is 11.4. The third-order valence-electron chi connectivity index (χ3n) is 2.47. The number of thioether (sulfide) groups is 1. The van der Waals surface area contributed by atoms with Crippen LogP contribution >= 0.6 is 11.8 Å². The second-order valence-electron chi connectivity index (χ2n) is 4.40. The molecule has 1 N–H and O–H groups in total. The normalized spacial score (nSPS) is 20.2. The maximum atomic E-state index is 11.4. The number of rotatable bonds is 6. The van der Waals surface area contributed by atoms with Gasteiger partial charge in [0.15, 0.2) is 5.78 Å². The number of hydrogen-bond acceptors (Lipinski definition) is 3. The Kier molecular flexibility index (Phi) is 5.29. The summed E-state index contributed by atoms with van der Waals surface area (Å²) >= 11 is 1.48. The molecule has 0 bridgehead atoms. The average Bonchev–Trinajstić information content (AvgIpc) is 2.62. The second-order valence-corrected chi connectivity index (χ2v) is 5.42. The molecule has 0 fully saturated rings. The third-order valence-corrected chi connectivity index (χ3v) is 3.95. The van der Waals surface area contributed by atoms with Gasteiger partial charge in [-0.2, -0.15) is 0 Å². The van der Waals surface area contributed by atoms with Crippen molar-refractivity contribution in [2.24, 2.45) is 0 Å². The first-order valence-electron chi connectivity index (χ1n) is 5.79. The van der Waals surface area contributed by atoms with Gasteiger partial charge in [-0.25, -0.2) is 0 Å². The lowest BCUT2D eigenvalue weighted by atomic mass is 10.1. The van der Waals surface area contributed by atoms with Gasteiger partial charge < -0.3 is 5.11 Å². The zero-order valence-electron chi connectivity index (χ0n) is 10.0. The predicted octanol–water partition coefficient (Wildman–Crippen LogP) is 3.07. The zero-order chi connectivity index (χ0) is 12.0. The molecule has 0 heterocycles. The molecule has 1 rings (SSSR count). The zero-order valence-corrected chi connectivity index (χ0v) is 10.8. The van der Waals surface area contributed by atoms with E-state index < -0.39 is 5.60 Å². The minimum absolute atomic E-state index is 0.227. The highest BCUT2D eigenvalue weighted by Crippen LogP contribution is 2.29. The van der Waals surface area contributed by atoms with Crippen molar-refractivity contribution in [2.45, 2.75) is 45.1 Å². The van der Waals surface area contributed by atoms with Crippen LogP contribution in [0, 0.1) is 0 Å². The average molecular weight is 240 g/mol. The Bertz CT molecular complexity index is 303. The molecule has 0 radical (unpaired) electrons. The van der Waals surface area contributed by atoms with Crippen LogP contribution in [0.15, 0.2) is 23.1 Å². The summed E-state index contributed by atoms with van der Waals surface area (Å²) in [6, 6.07) is 0. The minimum Gasteiger partial charge on any atom is -0.389 e. The molecule has 0 aliphatic heterocycles. The maximum Gasteiger partial charge on any atom is 0.169 e. The summed E-state index contributed by atoms with van der Waals surface area (Å²) < 4.78 is 0. The SMILES string of the molecule is CCC=CCC(C)(O)CSC1=CCCC1=O. The van der Waals surface area contributed by atoms with E-state index >= 15 is 0 Å².